The molecule has 0 saturated carbocycles. The lowest BCUT2D eigenvalue weighted by molar-refractivity contribution is -0.145. The van der Waals surface area contributed by atoms with Crippen molar-refractivity contribution < 1.29 is 19.4 Å². The molecule has 1 aromatic rings. The first-order valence-corrected chi connectivity index (χ1v) is 5.64. The first-order chi connectivity index (χ1) is 9.12. The molecule has 19 heavy (non-hydrogen) atoms. The maximum atomic E-state index is 11.6. The van der Waals surface area contributed by atoms with Gasteiger partial charge in [-0.2, -0.15) is 10.4 Å². The standard InChI is InChI=1S/C11H14N4O4/c1-2-19-10(18)5-9(17)14-11-8(6-12)7-13-15(11)3-4-16/h7,16H,2-5H2,1H3,(H,14,17). The maximum absolute atomic E-state index is 11.6. The van der Waals surface area contributed by atoms with E-state index in [1.165, 1.54) is 10.9 Å². The Morgan fingerprint density at radius 2 is 2.37 bits per heavy atom. The van der Waals surface area contributed by atoms with Crippen LogP contribution in [0.5, 0.6) is 0 Å². The van der Waals surface area contributed by atoms with Gasteiger partial charge in [-0.1, -0.05) is 0 Å². The van der Waals surface area contributed by atoms with E-state index in [1.807, 2.05) is 6.07 Å². The van der Waals surface area contributed by atoms with E-state index in [4.69, 9.17) is 10.4 Å². The first-order valence-electron chi connectivity index (χ1n) is 5.64. The van der Waals surface area contributed by atoms with E-state index in [-0.39, 0.29) is 31.1 Å². The van der Waals surface area contributed by atoms with Crippen LogP contribution in [-0.2, 0) is 20.9 Å². The molecular formula is C11H14N4O4. The van der Waals surface area contributed by atoms with E-state index in [2.05, 4.69) is 15.2 Å². The highest BCUT2D eigenvalue weighted by Gasteiger charge is 2.16. The summed E-state index contributed by atoms with van der Waals surface area (Å²) in [7, 11) is 0. The third-order valence-corrected chi connectivity index (χ3v) is 2.14. The molecule has 0 aliphatic heterocycles. The second kappa shape index (κ2) is 7.13. The molecule has 0 aromatic carbocycles. The minimum Gasteiger partial charge on any atom is -0.466 e. The monoisotopic (exact) mass is 266 g/mol. The minimum absolute atomic E-state index is 0.136. The number of nitrogens with one attached hydrogen (secondary N) is 1. The number of amides is 1. The number of hydrogen-bond acceptors (Lipinski definition) is 6. The van der Waals surface area contributed by atoms with Gasteiger partial charge in [-0.05, 0) is 6.92 Å². The number of rotatable bonds is 6. The van der Waals surface area contributed by atoms with Crippen molar-refractivity contribution in [3.8, 4) is 6.07 Å². The SMILES string of the molecule is CCOC(=O)CC(=O)Nc1c(C#N)cnn1CCO. The average molecular weight is 266 g/mol. The molecule has 0 unspecified atom stereocenters. The summed E-state index contributed by atoms with van der Waals surface area (Å²) in [4.78, 5) is 22.7. The van der Waals surface area contributed by atoms with E-state index >= 15 is 0 Å². The van der Waals surface area contributed by atoms with Crippen LogP contribution < -0.4 is 5.32 Å². The molecule has 1 amide bonds. The normalized spacial score (nSPS) is 9.74. The van der Waals surface area contributed by atoms with Crippen molar-refractivity contribution in [3.05, 3.63) is 11.8 Å². The van der Waals surface area contributed by atoms with Crippen molar-refractivity contribution in [1.82, 2.24) is 9.78 Å². The van der Waals surface area contributed by atoms with Gasteiger partial charge in [0.1, 0.15) is 23.9 Å². The summed E-state index contributed by atoms with van der Waals surface area (Å²) in [6.45, 7) is 1.78. The Hall–Kier alpha value is -2.40. The number of carbonyl (C=O) groups excluding carboxylic acids is 2. The van der Waals surface area contributed by atoms with Gasteiger partial charge >= 0.3 is 5.97 Å². The van der Waals surface area contributed by atoms with Gasteiger partial charge in [0.2, 0.25) is 5.91 Å². The molecule has 0 bridgehead atoms. The van der Waals surface area contributed by atoms with Gasteiger partial charge in [-0.3, -0.25) is 9.59 Å². The zero-order chi connectivity index (χ0) is 14.3. The van der Waals surface area contributed by atoms with Crippen LogP contribution in [0.3, 0.4) is 0 Å². The van der Waals surface area contributed by atoms with Crippen LogP contribution in [0.25, 0.3) is 0 Å². The first kappa shape index (κ1) is 14.7. The van der Waals surface area contributed by atoms with Crippen LogP contribution in [-0.4, -0.2) is 40.0 Å². The lowest BCUT2D eigenvalue weighted by Crippen LogP contribution is -2.21. The van der Waals surface area contributed by atoms with E-state index < -0.39 is 18.3 Å². The summed E-state index contributed by atoms with van der Waals surface area (Å²) in [5.41, 5.74) is 0.158. The van der Waals surface area contributed by atoms with E-state index in [0.29, 0.717) is 0 Å². The number of hydrogen-bond donors (Lipinski definition) is 2. The molecule has 1 aromatic heterocycles. The summed E-state index contributed by atoms with van der Waals surface area (Å²) in [6.07, 6.45) is 0.832. The summed E-state index contributed by atoms with van der Waals surface area (Å²) >= 11 is 0. The largest absolute Gasteiger partial charge is 0.466 e. The molecule has 0 aliphatic carbocycles. The predicted octanol–water partition coefficient (Wildman–Crippen LogP) is -0.361. The van der Waals surface area contributed by atoms with E-state index in [0.717, 1.165) is 0 Å². The zero-order valence-electron chi connectivity index (χ0n) is 10.4. The third-order valence-electron chi connectivity index (χ3n) is 2.14. The van der Waals surface area contributed by atoms with Crippen molar-refractivity contribution in [2.45, 2.75) is 19.9 Å². The van der Waals surface area contributed by atoms with Crippen LogP contribution in [0.4, 0.5) is 5.82 Å². The lowest BCUT2D eigenvalue weighted by atomic mass is 10.3. The lowest BCUT2D eigenvalue weighted by Gasteiger charge is -2.08. The number of aliphatic hydroxyl groups excluding tert-OH is 1. The second-order valence-corrected chi connectivity index (χ2v) is 3.50. The van der Waals surface area contributed by atoms with Gasteiger partial charge in [-0.15, -0.1) is 0 Å². The number of aliphatic hydroxyl groups is 1. The molecule has 0 radical (unpaired) electrons. The van der Waals surface area contributed by atoms with Crippen molar-refractivity contribution in [3.63, 3.8) is 0 Å². The molecule has 8 heteroatoms. The Bertz CT molecular complexity index is 503. The highest BCUT2D eigenvalue weighted by Crippen LogP contribution is 2.14. The average Bonchev–Trinajstić information content (AvgIpc) is 2.72. The van der Waals surface area contributed by atoms with Crippen molar-refractivity contribution in [1.29, 1.82) is 5.26 Å². The van der Waals surface area contributed by atoms with Crippen molar-refractivity contribution in [2.75, 3.05) is 18.5 Å². The number of anilines is 1. The van der Waals surface area contributed by atoms with E-state index in [1.54, 1.807) is 6.92 Å². The Morgan fingerprint density at radius 1 is 1.63 bits per heavy atom. The molecule has 2 N–H and O–H groups in total. The second-order valence-electron chi connectivity index (χ2n) is 3.50. The third kappa shape index (κ3) is 4.08. The molecule has 0 atom stereocenters. The fourth-order valence-electron chi connectivity index (χ4n) is 1.38. The molecule has 0 fully saturated rings. The number of esters is 1. The zero-order valence-corrected chi connectivity index (χ0v) is 10.4. The number of aromatic nitrogens is 2. The van der Waals surface area contributed by atoms with Crippen LogP contribution >= 0.6 is 0 Å². The van der Waals surface area contributed by atoms with Crippen LogP contribution in [0.1, 0.15) is 18.9 Å². The highest BCUT2D eigenvalue weighted by atomic mass is 16.5. The van der Waals surface area contributed by atoms with Gasteiger partial charge in [0.05, 0.1) is 26.0 Å². The summed E-state index contributed by atoms with van der Waals surface area (Å²) in [5.74, 6) is -1.09. The van der Waals surface area contributed by atoms with Crippen LogP contribution in [0, 0.1) is 11.3 Å². The Morgan fingerprint density at radius 3 is 2.95 bits per heavy atom. The van der Waals surface area contributed by atoms with Gasteiger partial charge in [-0.25, -0.2) is 4.68 Å². The van der Waals surface area contributed by atoms with Crippen molar-refractivity contribution in [2.24, 2.45) is 0 Å². The molecule has 8 nitrogen and oxygen atoms in total. The maximum Gasteiger partial charge on any atom is 0.315 e. The van der Waals surface area contributed by atoms with Crippen LogP contribution in [0.15, 0.2) is 6.20 Å². The molecule has 0 spiro atoms. The van der Waals surface area contributed by atoms with Gasteiger partial charge < -0.3 is 15.2 Å². The summed E-state index contributed by atoms with van der Waals surface area (Å²) in [6, 6.07) is 1.86. The molecule has 1 rings (SSSR count). The molecule has 1 heterocycles. The van der Waals surface area contributed by atoms with Gasteiger partial charge in [0.15, 0.2) is 0 Å². The molecular weight excluding hydrogens is 252 g/mol. The number of nitriles is 1. The fraction of sp³-hybridized carbons (Fsp3) is 0.455. The van der Waals surface area contributed by atoms with E-state index in [9.17, 15) is 9.59 Å². The number of ether oxygens (including phenoxy) is 1. The molecule has 0 aliphatic rings. The van der Waals surface area contributed by atoms with Crippen LogP contribution in [0.2, 0.25) is 0 Å². The highest BCUT2D eigenvalue weighted by molar-refractivity contribution is 6.02. The topological polar surface area (TPSA) is 117 Å². The number of carbonyl (C=O) groups is 2. The predicted molar refractivity (Wildman–Crippen MR) is 63.9 cm³/mol. The number of nitrogens with zero attached hydrogens (tertiary/aromatic N) is 3. The van der Waals surface area contributed by atoms with Gasteiger partial charge in [0.25, 0.3) is 0 Å². The Kier molecular flexibility index (Phi) is 5.50. The smallest absolute Gasteiger partial charge is 0.315 e. The summed E-state index contributed by atoms with van der Waals surface area (Å²) in [5, 5.41) is 24.0. The molecule has 102 valence electrons. The minimum atomic E-state index is -0.647. The fourth-order valence-corrected chi connectivity index (χ4v) is 1.38. The quantitative estimate of drug-likeness (QED) is 0.536. The summed E-state index contributed by atoms with van der Waals surface area (Å²) < 4.78 is 5.92. The van der Waals surface area contributed by atoms with Gasteiger partial charge in [0, 0.05) is 0 Å². The Balaban J connectivity index is 2.75. The molecule has 0 saturated heterocycles. The Labute approximate surface area is 109 Å². The van der Waals surface area contributed by atoms with Crippen molar-refractivity contribution >= 4 is 17.7 Å².